The van der Waals surface area contributed by atoms with E-state index in [2.05, 4.69) is 35.5 Å². The van der Waals surface area contributed by atoms with E-state index in [1.807, 2.05) is 13.2 Å². The van der Waals surface area contributed by atoms with E-state index in [0.29, 0.717) is 17.1 Å². The summed E-state index contributed by atoms with van der Waals surface area (Å²) < 4.78 is 0. The predicted molar refractivity (Wildman–Crippen MR) is 86.2 cm³/mol. The van der Waals surface area contributed by atoms with E-state index >= 15 is 0 Å². The molecule has 0 bridgehead atoms. The van der Waals surface area contributed by atoms with Crippen molar-refractivity contribution in [1.82, 2.24) is 15.6 Å². The Morgan fingerprint density at radius 1 is 1.53 bits per heavy atom. The second kappa shape index (κ2) is 7.06. The van der Waals surface area contributed by atoms with E-state index in [9.17, 15) is 0 Å². The molecule has 3 nitrogen and oxygen atoms in total. The van der Waals surface area contributed by atoms with Crippen molar-refractivity contribution >= 4 is 29.7 Å². The summed E-state index contributed by atoms with van der Waals surface area (Å²) in [4.78, 5) is 4.65. The molecule has 0 fully saturated rings. The zero-order valence-electron chi connectivity index (χ0n) is 11.7. The summed E-state index contributed by atoms with van der Waals surface area (Å²) in [7, 11) is 1.85. The molecule has 0 amide bonds. The van der Waals surface area contributed by atoms with Crippen molar-refractivity contribution in [2.75, 3.05) is 7.05 Å². The van der Waals surface area contributed by atoms with Gasteiger partial charge in [0.1, 0.15) is 0 Å². The molecule has 5 heteroatoms. The van der Waals surface area contributed by atoms with Crippen LogP contribution in [0.4, 0.5) is 0 Å². The standard InChI is InChI=1S/C14H21N3S.ClH/c1-9-7-11-5-4-6-12(13(11)16-8-9)10(2)17-14(18)15-3;/h7-8,10,12H,4-6H2,1-3H3,(H2,15,17,18);1H. The number of halogens is 1. The summed E-state index contributed by atoms with van der Waals surface area (Å²) in [5.41, 5.74) is 3.92. The summed E-state index contributed by atoms with van der Waals surface area (Å²) >= 11 is 5.18. The third-order valence-corrected chi connectivity index (χ3v) is 3.96. The van der Waals surface area contributed by atoms with E-state index in [-0.39, 0.29) is 12.4 Å². The van der Waals surface area contributed by atoms with Gasteiger partial charge in [-0.25, -0.2) is 0 Å². The van der Waals surface area contributed by atoms with Gasteiger partial charge in [-0.2, -0.15) is 0 Å². The van der Waals surface area contributed by atoms with Crippen LogP contribution in [0, 0.1) is 6.92 Å². The fourth-order valence-corrected chi connectivity index (χ4v) is 2.88. The van der Waals surface area contributed by atoms with Crippen LogP contribution in [0.1, 0.15) is 42.5 Å². The normalized spacial score (nSPS) is 18.8. The lowest BCUT2D eigenvalue weighted by Gasteiger charge is -2.30. The molecule has 0 aliphatic heterocycles. The molecule has 0 radical (unpaired) electrons. The molecule has 0 saturated carbocycles. The lowest BCUT2D eigenvalue weighted by atomic mass is 9.82. The van der Waals surface area contributed by atoms with Gasteiger partial charge >= 0.3 is 0 Å². The Bertz CT molecular complexity index is 450. The van der Waals surface area contributed by atoms with Gasteiger partial charge < -0.3 is 10.6 Å². The molecular formula is C14H22ClN3S. The van der Waals surface area contributed by atoms with Crippen LogP contribution in [0.5, 0.6) is 0 Å². The number of fused-ring (bicyclic) bond motifs is 1. The molecule has 1 aromatic heterocycles. The minimum atomic E-state index is 0. The maximum atomic E-state index is 5.18. The van der Waals surface area contributed by atoms with Crippen LogP contribution < -0.4 is 10.6 Å². The highest BCUT2D eigenvalue weighted by atomic mass is 35.5. The Morgan fingerprint density at radius 2 is 2.26 bits per heavy atom. The second-order valence-corrected chi connectivity index (χ2v) is 5.48. The van der Waals surface area contributed by atoms with Crippen molar-refractivity contribution in [3.63, 3.8) is 0 Å². The summed E-state index contributed by atoms with van der Waals surface area (Å²) in [5, 5.41) is 7.01. The van der Waals surface area contributed by atoms with Crippen LogP contribution in [-0.2, 0) is 6.42 Å². The fraction of sp³-hybridized carbons (Fsp3) is 0.571. The Kier molecular flexibility index (Phi) is 6.01. The largest absolute Gasteiger partial charge is 0.366 e. The monoisotopic (exact) mass is 299 g/mol. The molecule has 1 aliphatic rings. The molecule has 1 aliphatic carbocycles. The predicted octanol–water partition coefficient (Wildman–Crippen LogP) is 2.71. The first-order valence-electron chi connectivity index (χ1n) is 6.55. The first-order chi connectivity index (χ1) is 8.61. The van der Waals surface area contributed by atoms with Gasteiger partial charge in [-0.3, -0.25) is 4.98 Å². The molecule has 2 atom stereocenters. The van der Waals surface area contributed by atoms with Crippen molar-refractivity contribution in [2.45, 2.75) is 45.1 Å². The zero-order valence-corrected chi connectivity index (χ0v) is 13.3. The summed E-state index contributed by atoms with van der Waals surface area (Å²) in [5.74, 6) is 0.459. The van der Waals surface area contributed by atoms with Crippen molar-refractivity contribution in [3.8, 4) is 0 Å². The molecule has 1 heterocycles. The molecule has 0 spiro atoms. The topological polar surface area (TPSA) is 37.0 Å². The maximum Gasteiger partial charge on any atom is 0.166 e. The molecule has 0 aromatic carbocycles. The lowest BCUT2D eigenvalue weighted by molar-refractivity contribution is 0.446. The summed E-state index contributed by atoms with van der Waals surface area (Å²) in [6.07, 6.45) is 5.55. The van der Waals surface area contributed by atoms with Gasteiger partial charge in [0.25, 0.3) is 0 Å². The van der Waals surface area contributed by atoms with Crippen LogP contribution in [0.15, 0.2) is 12.3 Å². The zero-order chi connectivity index (χ0) is 13.1. The van der Waals surface area contributed by atoms with Gasteiger partial charge in [0, 0.05) is 30.9 Å². The Morgan fingerprint density at radius 3 is 2.95 bits per heavy atom. The van der Waals surface area contributed by atoms with E-state index in [4.69, 9.17) is 12.2 Å². The first-order valence-corrected chi connectivity index (χ1v) is 6.96. The Balaban J connectivity index is 0.00000180. The first kappa shape index (κ1) is 16.2. The highest BCUT2D eigenvalue weighted by Crippen LogP contribution is 2.32. The minimum absolute atomic E-state index is 0. The molecule has 0 saturated heterocycles. The maximum absolute atomic E-state index is 5.18. The number of aromatic nitrogens is 1. The number of hydrogen-bond donors (Lipinski definition) is 2. The van der Waals surface area contributed by atoms with Crippen molar-refractivity contribution in [1.29, 1.82) is 0 Å². The van der Waals surface area contributed by atoms with Crippen LogP contribution in [0.25, 0.3) is 0 Å². The van der Waals surface area contributed by atoms with E-state index in [1.165, 1.54) is 29.7 Å². The summed E-state index contributed by atoms with van der Waals surface area (Å²) in [6, 6.07) is 2.59. The number of nitrogens with one attached hydrogen (secondary N) is 2. The lowest BCUT2D eigenvalue weighted by Crippen LogP contribution is -2.42. The van der Waals surface area contributed by atoms with Crippen molar-refractivity contribution < 1.29 is 0 Å². The average Bonchev–Trinajstić information content (AvgIpc) is 2.37. The molecule has 106 valence electrons. The SMILES string of the molecule is CNC(=S)NC(C)C1CCCc2cc(C)cnc21.Cl. The number of rotatable bonds is 2. The van der Waals surface area contributed by atoms with Gasteiger partial charge in [0.2, 0.25) is 0 Å². The molecule has 19 heavy (non-hydrogen) atoms. The summed E-state index contributed by atoms with van der Waals surface area (Å²) in [6.45, 7) is 4.29. The highest BCUT2D eigenvalue weighted by Gasteiger charge is 2.26. The highest BCUT2D eigenvalue weighted by molar-refractivity contribution is 7.80. The Hall–Kier alpha value is -0.870. The number of thiocarbonyl (C=S) groups is 1. The van der Waals surface area contributed by atoms with Crippen molar-refractivity contribution in [3.05, 3.63) is 29.1 Å². The molecule has 1 aromatic rings. The molecule has 2 unspecified atom stereocenters. The smallest absolute Gasteiger partial charge is 0.166 e. The number of nitrogens with zero attached hydrogens (tertiary/aromatic N) is 1. The van der Waals surface area contributed by atoms with Crippen LogP contribution in [-0.4, -0.2) is 23.2 Å². The van der Waals surface area contributed by atoms with Gasteiger partial charge in [-0.15, -0.1) is 12.4 Å². The number of hydrogen-bond acceptors (Lipinski definition) is 2. The Labute approximate surface area is 127 Å². The average molecular weight is 300 g/mol. The number of pyridine rings is 1. The third-order valence-electron chi connectivity index (χ3n) is 3.64. The second-order valence-electron chi connectivity index (χ2n) is 5.07. The molecule has 2 rings (SSSR count). The fourth-order valence-electron chi connectivity index (χ4n) is 2.69. The van der Waals surface area contributed by atoms with Crippen LogP contribution in [0.2, 0.25) is 0 Å². The van der Waals surface area contributed by atoms with Crippen LogP contribution in [0.3, 0.4) is 0 Å². The quantitative estimate of drug-likeness (QED) is 0.824. The van der Waals surface area contributed by atoms with Gasteiger partial charge in [0.15, 0.2) is 5.11 Å². The van der Waals surface area contributed by atoms with Gasteiger partial charge in [0.05, 0.1) is 0 Å². The molecule has 2 N–H and O–H groups in total. The van der Waals surface area contributed by atoms with Crippen LogP contribution >= 0.6 is 24.6 Å². The van der Waals surface area contributed by atoms with Crippen molar-refractivity contribution in [2.24, 2.45) is 0 Å². The number of aryl methyl sites for hydroxylation is 2. The van der Waals surface area contributed by atoms with E-state index in [1.54, 1.807) is 0 Å². The van der Waals surface area contributed by atoms with E-state index in [0.717, 1.165) is 6.42 Å². The minimum Gasteiger partial charge on any atom is -0.366 e. The van der Waals surface area contributed by atoms with E-state index < -0.39 is 0 Å². The molecular weight excluding hydrogens is 278 g/mol. The third kappa shape index (κ3) is 3.80. The van der Waals surface area contributed by atoms with Gasteiger partial charge in [-0.1, -0.05) is 6.07 Å². The van der Waals surface area contributed by atoms with Gasteiger partial charge in [-0.05, 0) is 56.5 Å².